The molecule has 1 heterocycles. The maximum atomic E-state index is 12.6. The molecule has 0 spiro atoms. The van der Waals surface area contributed by atoms with Gasteiger partial charge in [-0.25, -0.2) is 12.7 Å². The highest BCUT2D eigenvalue weighted by Crippen LogP contribution is 2.27. The van der Waals surface area contributed by atoms with Gasteiger partial charge in [0, 0.05) is 43.6 Å². The van der Waals surface area contributed by atoms with Crippen molar-refractivity contribution >= 4 is 21.4 Å². The zero-order valence-corrected chi connectivity index (χ0v) is 14.9. The smallest absolute Gasteiger partial charge is 0.243 e. The Morgan fingerprint density at radius 3 is 2.76 bits per heavy atom. The number of methoxy groups -OCH3 is 1. The number of nitrogens with zero attached hydrogens (tertiary/aromatic N) is 1. The summed E-state index contributed by atoms with van der Waals surface area (Å²) in [5, 5.41) is 3.30. The van der Waals surface area contributed by atoms with Crippen LogP contribution >= 0.6 is 11.3 Å². The molecule has 0 fully saturated rings. The standard InChI is InChI=1S/C14H26N2O3S2/c1-5-7-15-11-13-10-14(12(2)20-13)21(17,18)16(3)8-6-9-19-4/h10,15H,5-9,11H2,1-4H3. The lowest BCUT2D eigenvalue weighted by molar-refractivity contribution is 0.189. The molecule has 1 aromatic heterocycles. The van der Waals surface area contributed by atoms with Crippen LogP contribution in [0, 0.1) is 6.92 Å². The molecule has 0 unspecified atom stereocenters. The van der Waals surface area contributed by atoms with Gasteiger partial charge in [0.25, 0.3) is 0 Å². The van der Waals surface area contributed by atoms with Gasteiger partial charge in [-0.2, -0.15) is 0 Å². The lowest BCUT2D eigenvalue weighted by Gasteiger charge is -2.16. The Morgan fingerprint density at radius 2 is 2.14 bits per heavy atom. The van der Waals surface area contributed by atoms with Gasteiger partial charge in [-0.15, -0.1) is 11.3 Å². The summed E-state index contributed by atoms with van der Waals surface area (Å²) in [7, 11) is -0.159. The number of sulfonamides is 1. The third-order valence-corrected chi connectivity index (χ3v) is 6.32. The monoisotopic (exact) mass is 334 g/mol. The number of thiophene rings is 1. The van der Waals surface area contributed by atoms with E-state index >= 15 is 0 Å². The molecule has 0 aromatic carbocycles. The van der Waals surface area contributed by atoms with Gasteiger partial charge >= 0.3 is 0 Å². The summed E-state index contributed by atoms with van der Waals surface area (Å²) in [6.07, 6.45) is 1.76. The van der Waals surface area contributed by atoms with Crippen LogP contribution in [0.15, 0.2) is 11.0 Å². The fourth-order valence-electron chi connectivity index (χ4n) is 1.98. The minimum absolute atomic E-state index is 0.431. The zero-order chi connectivity index (χ0) is 15.9. The van der Waals surface area contributed by atoms with Gasteiger partial charge in [-0.1, -0.05) is 6.92 Å². The van der Waals surface area contributed by atoms with Crippen LogP contribution in [0.3, 0.4) is 0 Å². The second-order valence-electron chi connectivity index (χ2n) is 4.98. The van der Waals surface area contributed by atoms with Crippen molar-refractivity contribution < 1.29 is 13.2 Å². The molecule has 7 heteroatoms. The number of aryl methyl sites for hydroxylation is 1. The average Bonchev–Trinajstić information content (AvgIpc) is 2.81. The molecule has 0 aliphatic carbocycles. The van der Waals surface area contributed by atoms with Crippen LogP contribution in [0.1, 0.15) is 29.5 Å². The second-order valence-corrected chi connectivity index (χ2v) is 8.34. The molecule has 0 amide bonds. The van der Waals surface area contributed by atoms with E-state index in [2.05, 4.69) is 12.2 Å². The Hall–Kier alpha value is -0.470. The number of rotatable bonds is 10. The molecule has 0 atom stereocenters. The quantitative estimate of drug-likeness (QED) is 0.667. The SMILES string of the molecule is CCCNCc1cc(S(=O)(=O)N(C)CCCOC)c(C)s1. The number of ether oxygens (including phenoxy) is 1. The first-order chi connectivity index (χ1) is 9.93. The normalized spacial score (nSPS) is 12.2. The third kappa shape index (κ3) is 5.34. The van der Waals surface area contributed by atoms with E-state index in [9.17, 15) is 8.42 Å². The summed E-state index contributed by atoms with van der Waals surface area (Å²) in [5.74, 6) is 0. The van der Waals surface area contributed by atoms with Crippen molar-refractivity contribution in [2.24, 2.45) is 0 Å². The van der Waals surface area contributed by atoms with Gasteiger partial charge in [0.2, 0.25) is 10.0 Å². The Bertz CT molecular complexity index is 526. The number of hydrogen-bond acceptors (Lipinski definition) is 5. The van der Waals surface area contributed by atoms with Crippen molar-refractivity contribution in [2.45, 2.75) is 38.1 Å². The fourth-order valence-corrected chi connectivity index (χ4v) is 4.75. The van der Waals surface area contributed by atoms with Gasteiger partial charge in [0.15, 0.2) is 0 Å². The molecule has 21 heavy (non-hydrogen) atoms. The fraction of sp³-hybridized carbons (Fsp3) is 0.714. The molecule has 1 N–H and O–H groups in total. The van der Waals surface area contributed by atoms with E-state index in [0.29, 0.717) is 24.5 Å². The first kappa shape index (κ1) is 18.6. The highest BCUT2D eigenvalue weighted by molar-refractivity contribution is 7.89. The Kier molecular flexibility index (Phi) is 7.83. The first-order valence-corrected chi connectivity index (χ1v) is 9.44. The van der Waals surface area contributed by atoms with Crippen molar-refractivity contribution in [3.8, 4) is 0 Å². The van der Waals surface area contributed by atoms with Crippen molar-refractivity contribution in [1.82, 2.24) is 9.62 Å². The average molecular weight is 335 g/mol. The summed E-state index contributed by atoms with van der Waals surface area (Å²) in [5.41, 5.74) is 0. The molecule has 0 saturated carbocycles. The maximum absolute atomic E-state index is 12.6. The van der Waals surface area contributed by atoms with E-state index in [1.807, 2.05) is 6.92 Å². The summed E-state index contributed by atoms with van der Waals surface area (Å²) < 4.78 is 31.5. The van der Waals surface area contributed by atoms with E-state index in [1.165, 1.54) is 4.31 Å². The summed E-state index contributed by atoms with van der Waals surface area (Å²) >= 11 is 1.54. The highest BCUT2D eigenvalue weighted by atomic mass is 32.2. The molecule has 0 aliphatic heterocycles. The highest BCUT2D eigenvalue weighted by Gasteiger charge is 2.24. The first-order valence-electron chi connectivity index (χ1n) is 7.18. The summed E-state index contributed by atoms with van der Waals surface area (Å²) in [6, 6.07) is 1.80. The third-order valence-electron chi connectivity index (χ3n) is 3.16. The topological polar surface area (TPSA) is 58.6 Å². The van der Waals surface area contributed by atoms with Crippen molar-refractivity contribution in [1.29, 1.82) is 0 Å². The van der Waals surface area contributed by atoms with E-state index in [1.54, 1.807) is 31.6 Å². The molecule has 1 rings (SSSR count). The molecular formula is C14H26N2O3S2. The molecule has 122 valence electrons. The Morgan fingerprint density at radius 1 is 1.43 bits per heavy atom. The van der Waals surface area contributed by atoms with E-state index in [-0.39, 0.29) is 0 Å². The summed E-state index contributed by atoms with van der Waals surface area (Å²) in [6.45, 7) is 6.67. The zero-order valence-electron chi connectivity index (χ0n) is 13.3. The minimum atomic E-state index is -3.40. The van der Waals surface area contributed by atoms with Crippen LogP contribution in [0.2, 0.25) is 0 Å². The van der Waals surface area contributed by atoms with Gasteiger partial charge in [-0.05, 0) is 32.4 Å². The predicted octanol–water partition coefficient (Wildman–Crippen LogP) is 2.21. The molecule has 0 bridgehead atoms. The van der Waals surface area contributed by atoms with Crippen molar-refractivity contribution in [2.75, 3.05) is 33.9 Å². The Labute approximate surface area is 132 Å². The van der Waals surface area contributed by atoms with E-state index in [0.717, 1.165) is 29.3 Å². The van der Waals surface area contributed by atoms with Gasteiger partial charge in [0.1, 0.15) is 0 Å². The van der Waals surface area contributed by atoms with Crippen LogP contribution in [-0.4, -0.2) is 46.6 Å². The van der Waals surface area contributed by atoms with Crippen LogP contribution < -0.4 is 5.32 Å². The Balaban J connectivity index is 2.78. The maximum Gasteiger partial charge on any atom is 0.243 e. The van der Waals surface area contributed by atoms with Crippen molar-refractivity contribution in [3.63, 3.8) is 0 Å². The summed E-state index contributed by atoms with van der Waals surface area (Å²) in [4.78, 5) is 2.34. The van der Waals surface area contributed by atoms with Gasteiger partial charge in [0.05, 0.1) is 4.90 Å². The van der Waals surface area contributed by atoms with Crippen LogP contribution in [0.5, 0.6) is 0 Å². The number of nitrogens with one attached hydrogen (secondary N) is 1. The molecule has 0 saturated heterocycles. The largest absolute Gasteiger partial charge is 0.385 e. The molecular weight excluding hydrogens is 308 g/mol. The molecule has 5 nitrogen and oxygen atoms in total. The van der Waals surface area contributed by atoms with Crippen LogP contribution in [-0.2, 0) is 21.3 Å². The predicted molar refractivity (Wildman–Crippen MR) is 87.4 cm³/mol. The van der Waals surface area contributed by atoms with Crippen molar-refractivity contribution in [3.05, 3.63) is 15.8 Å². The minimum Gasteiger partial charge on any atom is -0.385 e. The molecule has 0 radical (unpaired) electrons. The van der Waals surface area contributed by atoms with Gasteiger partial charge < -0.3 is 10.1 Å². The lowest BCUT2D eigenvalue weighted by atomic mass is 10.4. The second kappa shape index (κ2) is 8.85. The number of hydrogen-bond donors (Lipinski definition) is 1. The van der Waals surface area contributed by atoms with Crippen LogP contribution in [0.4, 0.5) is 0 Å². The molecule has 0 aliphatic rings. The molecule has 1 aromatic rings. The lowest BCUT2D eigenvalue weighted by Crippen LogP contribution is -2.28. The van der Waals surface area contributed by atoms with Crippen LogP contribution in [0.25, 0.3) is 0 Å². The van der Waals surface area contributed by atoms with Gasteiger partial charge in [-0.3, -0.25) is 0 Å². The van der Waals surface area contributed by atoms with E-state index < -0.39 is 10.0 Å². The van der Waals surface area contributed by atoms with E-state index in [4.69, 9.17) is 4.74 Å².